The molecule has 0 fully saturated rings. The van der Waals surface area contributed by atoms with Gasteiger partial charge in [0.05, 0.1) is 20.3 Å². The second kappa shape index (κ2) is 5.32. The Labute approximate surface area is 115 Å². The van der Waals surface area contributed by atoms with Gasteiger partial charge < -0.3 is 15.2 Å². The number of benzene rings is 1. The Bertz CT molecular complexity index is 609. The van der Waals surface area contributed by atoms with Gasteiger partial charge in [-0.25, -0.2) is 0 Å². The molecule has 0 spiro atoms. The summed E-state index contributed by atoms with van der Waals surface area (Å²) in [4.78, 5) is 23.2. The molecule has 0 aliphatic rings. The molecule has 18 heavy (non-hydrogen) atoms. The molecule has 4 nitrogen and oxygen atoms in total. The average Bonchev–Trinajstić information content (AvgIpc) is 2.76. The van der Waals surface area contributed by atoms with Gasteiger partial charge in [0, 0.05) is 5.56 Å². The Morgan fingerprint density at radius 2 is 1.89 bits per heavy atom. The highest BCUT2D eigenvalue weighted by Gasteiger charge is 2.11. The van der Waals surface area contributed by atoms with Crippen molar-refractivity contribution in [2.45, 2.75) is 0 Å². The van der Waals surface area contributed by atoms with Crippen LogP contribution < -0.4 is 10.4 Å². The van der Waals surface area contributed by atoms with E-state index in [1.54, 1.807) is 24.3 Å². The fourth-order valence-electron chi connectivity index (χ4n) is 1.39. The minimum Gasteiger partial charge on any atom is -0.545 e. The van der Waals surface area contributed by atoms with Crippen LogP contribution in [0.1, 0.15) is 20.0 Å². The molecule has 0 radical (unpaired) electrons. The number of carbonyl (C=O) groups is 2. The number of rotatable bonds is 3. The van der Waals surface area contributed by atoms with Crippen LogP contribution in [-0.2, 0) is 0 Å². The maximum Gasteiger partial charge on any atom is 0.265 e. The van der Waals surface area contributed by atoms with Gasteiger partial charge in [-0.15, -0.1) is 11.3 Å². The molecule has 92 valence electrons. The predicted molar refractivity (Wildman–Crippen MR) is 70.7 cm³/mol. The Morgan fingerprint density at radius 1 is 1.17 bits per heavy atom. The fraction of sp³-hybridized carbons (Fsp3) is 0. The third-order valence-electron chi connectivity index (χ3n) is 2.19. The summed E-state index contributed by atoms with van der Waals surface area (Å²) in [6, 6.07) is 9.53. The van der Waals surface area contributed by atoms with Crippen LogP contribution in [0.5, 0.6) is 0 Å². The van der Waals surface area contributed by atoms with Crippen LogP contribution in [0.25, 0.3) is 0 Å². The van der Waals surface area contributed by atoms with Gasteiger partial charge in [0.25, 0.3) is 5.91 Å². The molecule has 1 N–H and O–H groups in total. The third kappa shape index (κ3) is 2.77. The van der Waals surface area contributed by atoms with E-state index in [4.69, 9.17) is 0 Å². The van der Waals surface area contributed by atoms with Crippen LogP contribution in [0.3, 0.4) is 0 Å². The van der Waals surface area contributed by atoms with Gasteiger partial charge in [-0.3, -0.25) is 4.79 Å². The van der Waals surface area contributed by atoms with Crippen LogP contribution in [0.2, 0.25) is 0 Å². The van der Waals surface area contributed by atoms with Crippen LogP contribution in [0.4, 0.5) is 5.69 Å². The molecule has 0 atom stereocenters. The van der Waals surface area contributed by atoms with Crippen molar-refractivity contribution in [3.8, 4) is 0 Å². The zero-order valence-electron chi connectivity index (χ0n) is 8.98. The van der Waals surface area contributed by atoms with E-state index in [9.17, 15) is 14.7 Å². The third-order valence-corrected chi connectivity index (χ3v) is 3.81. The average molecular weight is 325 g/mol. The lowest BCUT2D eigenvalue weighted by Gasteiger charge is -2.10. The van der Waals surface area contributed by atoms with E-state index >= 15 is 0 Å². The van der Waals surface area contributed by atoms with Gasteiger partial charge in [0.2, 0.25) is 0 Å². The first-order valence-corrected chi connectivity index (χ1v) is 6.56. The summed E-state index contributed by atoms with van der Waals surface area (Å²) in [7, 11) is 0. The molecule has 0 saturated carbocycles. The Balaban J connectivity index is 2.24. The van der Waals surface area contributed by atoms with Crippen molar-refractivity contribution >= 4 is 44.8 Å². The first kappa shape index (κ1) is 12.8. The summed E-state index contributed by atoms with van der Waals surface area (Å²) < 4.78 is 0.834. The first-order chi connectivity index (χ1) is 8.58. The molecule has 0 saturated heterocycles. The summed E-state index contributed by atoms with van der Waals surface area (Å²) in [6.45, 7) is 0. The van der Waals surface area contributed by atoms with E-state index in [1.807, 2.05) is 0 Å². The zero-order chi connectivity index (χ0) is 13.1. The molecule has 0 unspecified atom stereocenters. The summed E-state index contributed by atoms with van der Waals surface area (Å²) in [6.07, 6.45) is 0. The van der Waals surface area contributed by atoms with Gasteiger partial charge in [-0.05, 0) is 34.1 Å². The van der Waals surface area contributed by atoms with E-state index in [1.165, 1.54) is 23.5 Å². The maximum atomic E-state index is 11.9. The Morgan fingerprint density at radius 3 is 2.50 bits per heavy atom. The van der Waals surface area contributed by atoms with Gasteiger partial charge >= 0.3 is 0 Å². The van der Waals surface area contributed by atoms with E-state index in [-0.39, 0.29) is 17.2 Å². The number of nitrogens with one attached hydrogen (secondary N) is 1. The highest BCUT2D eigenvalue weighted by molar-refractivity contribution is 9.11. The Kier molecular flexibility index (Phi) is 3.78. The van der Waals surface area contributed by atoms with Crippen molar-refractivity contribution in [3.63, 3.8) is 0 Å². The lowest BCUT2D eigenvalue weighted by Crippen LogP contribution is -2.24. The number of hydrogen-bond donors (Lipinski definition) is 1. The topological polar surface area (TPSA) is 69.2 Å². The van der Waals surface area contributed by atoms with Crippen molar-refractivity contribution in [2.75, 3.05) is 5.32 Å². The lowest BCUT2D eigenvalue weighted by atomic mass is 10.2. The number of para-hydroxylation sites is 1. The molecule has 2 rings (SSSR count). The smallest absolute Gasteiger partial charge is 0.265 e. The number of thiophene rings is 1. The van der Waals surface area contributed by atoms with Crippen molar-refractivity contribution in [3.05, 3.63) is 50.6 Å². The molecule has 0 aliphatic carbocycles. The van der Waals surface area contributed by atoms with Crippen LogP contribution in [-0.4, -0.2) is 11.9 Å². The lowest BCUT2D eigenvalue weighted by molar-refractivity contribution is -0.254. The molecule has 6 heteroatoms. The summed E-state index contributed by atoms with van der Waals surface area (Å²) in [5.74, 6) is -1.67. The van der Waals surface area contributed by atoms with Gasteiger partial charge in [-0.1, -0.05) is 18.2 Å². The van der Waals surface area contributed by atoms with Gasteiger partial charge in [-0.2, -0.15) is 0 Å². The fourth-order valence-corrected chi connectivity index (χ4v) is 2.67. The molecule has 0 aliphatic heterocycles. The van der Waals surface area contributed by atoms with Gasteiger partial charge in [0.15, 0.2) is 0 Å². The second-order valence-electron chi connectivity index (χ2n) is 3.39. The van der Waals surface area contributed by atoms with E-state index in [0.29, 0.717) is 4.88 Å². The molecule has 1 aromatic heterocycles. The van der Waals surface area contributed by atoms with Crippen LogP contribution >= 0.6 is 27.3 Å². The highest BCUT2D eigenvalue weighted by Crippen LogP contribution is 2.23. The van der Waals surface area contributed by atoms with Crippen molar-refractivity contribution in [1.82, 2.24) is 0 Å². The molecule has 1 aromatic carbocycles. The predicted octanol–water partition coefficient (Wildman–Crippen LogP) is 2.13. The summed E-state index contributed by atoms with van der Waals surface area (Å²) >= 11 is 4.53. The standard InChI is InChI=1S/C12H8BrNO3S/c13-10-6-5-9(18-10)11(15)14-8-4-2-1-3-7(8)12(16)17/h1-6H,(H,14,15)(H,16,17)/p-1. The molecule has 1 heterocycles. The van der Waals surface area contributed by atoms with Crippen molar-refractivity contribution in [1.29, 1.82) is 0 Å². The number of amides is 1. The summed E-state index contributed by atoms with van der Waals surface area (Å²) in [5, 5.41) is 13.4. The van der Waals surface area contributed by atoms with E-state index < -0.39 is 5.97 Å². The largest absolute Gasteiger partial charge is 0.545 e. The number of anilines is 1. The highest BCUT2D eigenvalue weighted by atomic mass is 79.9. The van der Waals surface area contributed by atoms with Crippen molar-refractivity contribution < 1.29 is 14.7 Å². The number of hydrogen-bond acceptors (Lipinski definition) is 4. The number of halogens is 1. The van der Waals surface area contributed by atoms with Crippen LogP contribution in [0.15, 0.2) is 40.2 Å². The molecular formula is C12H7BrNO3S-. The SMILES string of the molecule is O=C(Nc1ccccc1C(=O)[O-])c1ccc(Br)s1. The van der Waals surface area contributed by atoms with Gasteiger partial charge in [0.1, 0.15) is 0 Å². The quantitative estimate of drug-likeness (QED) is 0.940. The van der Waals surface area contributed by atoms with E-state index in [0.717, 1.165) is 3.79 Å². The van der Waals surface area contributed by atoms with Crippen molar-refractivity contribution in [2.24, 2.45) is 0 Å². The number of carboxylic acids is 1. The minimum atomic E-state index is -1.32. The first-order valence-electron chi connectivity index (χ1n) is 4.95. The molecule has 2 aromatic rings. The second-order valence-corrected chi connectivity index (χ2v) is 5.85. The summed E-state index contributed by atoms with van der Waals surface area (Å²) in [5.41, 5.74) is 0.188. The monoisotopic (exact) mass is 324 g/mol. The number of carboxylic acid groups (broad SMARTS) is 1. The normalized spacial score (nSPS) is 10.1. The Hall–Kier alpha value is -1.66. The minimum absolute atomic E-state index is 0.0403. The number of aromatic carboxylic acids is 1. The molecular weight excluding hydrogens is 318 g/mol. The van der Waals surface area contributed by atoms with E-state index in [2.05, 4.69) is 21.2 Å². The maximum absolute atomic E-state index is 11.9. The molecule has 0 bridgehead atoms. The number of carbonyl (C=O) groups excluding carboxylic acids is 2. The molecule has 1 amide bonds. The van der Waals surface area contributed by atoms with Crippen LogP contribution in [0, 0.1) is 0 Å². The zero-order valence-corrected chi connectivity index (χ0v) is 11.4.